The van der Waals surface area contributed by atoms with Crippen LogP contribution in [0.4, 0.5) is 19.0 Å². The van der Waals surface area contributed by atoms with Gasteiger partial charge in [-0.3, -0.25) is 4.79 Å². The molecule has 1 aromatic heterocycles. The number of nitrogens with zero attached hydrogens (tertiary/aromatic N) is 3. The van der Waals surface area contributed by atoms with Gasteiger partial charge in [-0.25, -0.2) is 4.68 Å². The Balaban J connectivity index is 2.63. The first-order valence-electron chi connectivity index (χ1n) is 6.53. The molecule has 126 valence electrons. The molecule has 2 aromatic rings. The average Bonchev–Trinajstić information content (AvgIpc) is 2.88. The van der Waals surface area contributed by atoms with Crippen LogP contribution in [-0.2, 0) is 11.0 Å². The van der Waals surface area contributed by atoms with Crippen LogP contribution in [0, 0.1) is 11.3 Å². The smallest absolute Gasteiger partial charge is 0.309 e. The number of halogens is 5. The molecule has 24 heavy (non-hydrogen) atoms. The standard InChI is InChI=1S/C14H9Cl2F3N4O/c1-2-11(24)22-13-7(5-20)6-21-23(13)12-9(15)3-8(4-10(12)16)14(17,18)19/h3-4,6H,2H2,1H3,(H,22,24). The van der Waals surface area contributed by atoms with Crippen molar-refractivity contribution in [2.45, 2.75) is 19.5 Å². The van der Waals surface area contributed by atoms with Crippen LogP contribution < -0.4 is 5.32 Å². The quantitative estimate of drug-likeness (QED) is 0.861. The molecule has 0 radical (unpaired) electrons. The van der Waals surface area contributed by atoms with Gasteiger partial charge >= 0.3 is 6.18 Å². The van der Waals surface area contributed by atoms with E-state index in [2.05, 4.69) is 10.4 Å². The Morgan fingerprint density at radius 1 is 1.38 bits per heavy atom. The lowest BCUT2D eigenvalue weighted by molar-refractivity contribution is -0.137. The van der Waals surface area contributed by atoms with E-state index in [-0.39, 0.29) is 33.5 Å². The van der Waals surface area contributed by atoms with E-state index in [4.69, 9.17) is 28.5 Å². The van der Waals surface area contributed by atoms with E-state index in [0.29, 0.717) is 12.1 Å². The monoisotopic (exact) mass is 376 g/mol. The van der Waals surface area contributed by atoms with Gasteiger partial charge in [-0.15, -0.1) is 0 Å². The number of alkyl halides is 3. The van der Waals surface area contributed by atoms with Gasteiger partial charge in [-0.2, -0.15) is 23.5 Å². The molecule has 2 rings (SSSR count). The van der Waals surface area contributed by atoms with Gasteiger partial charge in [0.1, 0.15) is 17.3 Å². The molecular weight excluding hydrogens is 368 g/mol. The van der Waals surface area contributed by atoms with Crippen molar-refractivity contribution < 1.29 is 18.0 Å². The van der Waals surface area contributed by atoms with Crippen molar-refractivity contribution in [3.8, 4) is 11.8 Å². The first-order valence-corrected chi connectivity index (χ1v) is 7.29. The Kier molecular flexibility index (Phi) is 5.06. The number of aromatic nitrogens is 2. The van der Waals surface area contributed by atoms with Gasteiger partial charge < -0.3 is 5.32 Å². The summed E-state index contributed by atoms with van der Waals surface area (Å²) in [5.41, 5.74) is -1.07. The van der Waals surface area contributed by atoms with E-state index in [1.807, 2.05) is 6.07 Å². The first kappa shape index (κ1) is 18.1. The molecule has 0 bridgehead atoms. The number of hydrogen-bond donors (Lipinski definition) is 1. The van der Waals surface area contributed by atoms with Gasteiger partial charge in [0.2, 0.25) is 5.91 Å². The zero-order valence-corrected chi connectivity index (χ0v) is 13.6. The summed E-state index contributed by atoms with van der Waals surface area (Å²) in [5, 5.41) is 14.8. The highest BCUT2D eigenvalue weighted by molar-refractivity contribution is 6.38. The van der Waals surface area contributed by atoms with Crippen LogP contribution in [0.1, 0.15) is 24.5 Å². The maximum absolute atomic E-state index is 12.8. The van der Waals surface area contributed by atoms with Gasteiger partial charge in [0, 0.05) is 6.42 Å². The molecule has 1 N–H and O–H groups in total. The summed E-state index contributed by atoms with van der Waals surface area (Å²) >= 11 is 11.9. The second kappa shape index (κ2) is 6.71. The van der Waals surface area contributed by atoms with Crippen LogP contribution in [0.5, 0.6) is 0 Å². The zero-order valence-electron chi connectivity index (χ0n) is 12.1. The van der Waals surface area contributed by atoms with Crippen LogP contribution >= 0.6 is 23.2 Å². The van der Waals surface area contributed by atoms with Gasteiger partial charge in [-0.05, 0) is 12.1 Å². The topological polar surface area (TPSA) is 70.7 Å². The Hall–Kier alpha value is -2.24. The van der Waals surface area contributed by atoms with E-state index in [1.165, 1.54) is 0 Å². The number of rotatable bonds is 3. The minimum Gasteiger partial charge on any atom is -0.309 e. The lowest BCUT2D eigenvalue weighted by Gasteiger charge is -2.14. The predicted molar refractivity (Wildman–Crippen MR) is 82.2 cm³/mol. The van der Waals surface area contributed by atoms with Gasteiger partial charge in [0.25, 0.3) is 0 Å². The second-order valence-electron chi connectivity index (χ2n) is 4.62. The van der Waals surface area contributed by atoms with Crippen LogP contribution in [-0.4, -0.2) is 15.7 Å². The summed E-state index contributed by atoms with van der Waals surface area (Å²) in [5.74, 6) is -0.430. The fourth-order valence-electron chi connectivity index (χ4n) is 1.87. The van der Waals surface area contributed by atoms with Crippen molar-refractivity contribution in [2.24, 2.45) is 0 Å². The molecule has 0 aliphatic rings. The highest BCUT2D eigenvalue weighted by Crippen LogP contribution is 2.38. The molecule has 0 fully saturated rings. The largest absolute Gasteiger partial charge is 0.416 e. The number of nitrogens with one attached hydrogen (secondary N) is 1. The number of nitriles is 1. The summed E-state index contributed by atoms with van der Waals surface area (Å²) in [7, 11) is 0. The molecule has 0 aliphatic heterocycles. The summed E-state index contributed by atoms with van der Waals surface area (Å²) in [6.45, 7) is 1.60. The third-order valence-corrected chi connectivity index (χ3v) is 3.60. The van der Waals surface area contributed by atoms with Crippen molar-refractivity contribution in [1.82, 2.24) is 9.78 Å². The number of carbonyl (C=O) groups is 1. The molecule has 0 saturated heterocycles. The molecule has 1 amide bonds. The van der Waals surface area contributed by atoms with Crippen LogP contribution in [0.3, 0.4) is 0 Å². The SMILES string of the molecule is CCC(=O)Nc1c(C#N)cnn1-c1c(Cl)cc(C(F)(F)F)cc1Cl. The van der Waals surface area contributed by atoms with Crippen LogP contribution in [0.15, 0.2) is 18.3 Å². The number of hydrogen-bond acceptors (Lipinski definition) is 3. The normalized spacial score (nSPS) is 11.2. The Bertz CT molecular complexity index is 817. The summed E-state index contributed by atoms with van der Waals surface area (Å²) in [6.07, 6.45) is -3.34. The zero-order chi connectivity index (χ0) is 18.1. The van der Waals surface area contributed by atoms with Gasteiger partial charge in [0.15, 0.2) is 5.82 Å². The van der Waals surface area contributed by atoms with E-state index in [1.54, 1.807) is 6.92 Å². The van der Waals surface area contributed by atoms with Crippen molar-refractivity contribution in [1.29, 1.82) is 5.26 Å². The fourth-order valence-corrected chi connectivity index (χ4v) is 2.52. The minimum atomic E-state index is -4.62. The third kappa shape index (κ3) is 3.47. The first-order chi connectivity index (χ1) is 11.2. The Morgan fingerprint density at radius 2 is 1.96 bits per heavy atom. The van der Waals surface area contributed by atoms with E-state index >= 15 is 0 Å². The second-order valence-corrected chi connectivity index (χ2v) is 5.43. The van der Waals surface area contributed by atoms with Crippen molar-refractivity contribution in [3.63, 3.8) is 0 Å². The highest BCUT2D eigenvalue weighted by atomic mass is 35.5. The number of amides is 1. The maximum atomic E-state index is 12.8. The Morgan fingerprint density at radius 3 is 2.42 bits per heavy atom. The Labute approximate surface area is 144 Å². The average molecular weight is 377 g/mol. The molecule has 0 saturated carbocycles. The molecular formula is C14H9Cl2F3N4O. The summed E-state index contributed by atoms with van der Waals surface area (Å²) in [6, 6.07) is 3.22. The molecule has 0 unspecified atom stereocenters. The molecule has 1 aromatic carbocycles. The molecule has 0 spiro atoms. The summed E-state index contributed by atoms with van der Waals surface area (Å²) in [4.78, 5) is 11.6. The fraction of sp³-hybridized carbons (Fsp3) is 0.214. The maximum Gasteiger partial charge on any atom is 0.416 e. The highest BCUT2D eigenvalue weighted by Gasteiger charge is 2.32. The van der Waals surface area contributed by atoms with Gasteiger partial charge in [-0.1, -0.05) is 30.1 Å². The van der Waals surface area contributed by atoms with Crippen molar-refractivity contribution >= 4 is 34.9 Å². The molecule has 5 nitrogen and oxygen atoms in total. The van der Waals surface area contributed by atoms with Crippen LogP contribution in [0.25, 0.3) is 5.69 Å². The number of benzene rings is 1. The van der Waals surface area contributed by atoms with E-state index < -0.39 is 17.6 Å². The van der Waals surface area contributed by atoms with Crippen molar-refractivity contribution in [2.75, 3.05) is 5.32 Å². The lowest BCUT2D eigenvalue weighted by atomic mass is 10.2. The minimum absolute atomic E-state index is 0.0174. The third-order valence-electron chi connectivity index (χ3n) is 3.02. The lowest BCUT2D eigenvalue weighted by Crippen LogP contribution is -2.15. The molecule has 10 heteroatoms. The predicted octanol–water partition coefficient (Wildman–Crippen LogP) is 4.42. The number of anilines is 1. The molecule has 1 heterocycles. The summed E-state index contributed by atoms with van der Waals surface area (Å²) < 4.78 is 39.4. The number of carbonyl (C=O) groups excluding carboxylic acids is 1. The molecule has 0 atom stereocenters. The molecule has 0 aliphatic carbocycles. The van der Waals surface area contributed by atoms with E-state index in [9.17, 15) is 18.0 Å². The van der Waals surface area contributed by atoms with Crippen LogP contribution in [0.2, 0.25) is 10.0 Å². The van der Waals surface area contributed by atoms with Crippen molar-refractivity contribution in [3.05, 3.63) is 39.5 Å². The van der Waals surface area contributed by atoms with Gasteiger partial charge in [0.05, 0.1) is 21.8 Å². The van der Waals surface area contributed by atoms with E-state index in [0.717, 1.165) is 10.9 Å².